The topological polar surface area (TPSA) is 12.9 Å². The van der Waals surface area contributed by atoms with Crippen LogP contribution in [-0.4, -0.2) is 4.98 Å². The van der Waals surface area contributed by atoms with E-state index in [0.29, 0.717) is 0 Å². The number of benzene rings is 2. The fourth-order valence-corrected chi connectivity index (χ4v) is 2.86. The van der Waals surface area contributed by atoms with Gasteiger partial charge in [0.2, 0.25) is 0 Å². The largest absolute Gasteiger partial charge is 0.263 e. The van der Waals surface area contributed by atoms with Crippen LogP contribution in [0.5, 0.6) is 0 Å². The fraction of sp³-hybridized carbons (Fsp3) is 0. The highest BCUT2D eigenvalue weighted by atomic mass is 35.5. The Labute approximate surface area is 115 Å². The Bertz CT molecular complexity index is 674. The molecular formula is C15H10ClNS. The third-order valence-corrected chi connectivity index (χ3v) is 3.98. The van der Waals surface area contributed by atoms with Gasteiger partial charge in [-0.2, -0.15) is 0 Å². The normalized spacial score (nSPS) is 10.7. The van der Waals surface area contributed by atoms with Gasteiger partial charge >= 0.3 is 0 Å². The van der Waals surface area contributed by atoms with E-state index in [1.165, 1.54) is 5.39 Å². The zero-order chi connectivity index (χ0) is 12.4. The van der Waals surface area contributed by atoms with Crippen LogP contribution < -0.4 is 0 Å². The van der Waals surface area contributed by atoms with Crippen LogP contribution in [0, 0.1) is 0 Å². The highest BCUT2D eigenvalue weighted by Gasteiger charge is 2.03. The molecular weight excluding hydrogens is 262 g/mol. The number of nitrogens with zero attached hydrogens (tertiary/aromatic N) is 1. The van der Waals surface area contributed by atoms with Crippen molar-refractivity contribution in [2.75, 3.05) is 0 Å². The fourth-order valence-electron chi connectivity index (χ4n) is 1.80. The number of aromatic nitrogens is 1. The maximum atomic E-state index is 5.89. The molecule has 0 saturated carbocycles. The predicted octanol–water partition coefficient (Wildman–Crippen LogP) is 5.04. The zero-order valence-electron chi connectivity index (χ0n) is 9.51. The van der Waals surface area contributed by atoms with Crippen molar-refractivity contribution in [2.24, 2.45) is 0 Å². The van der Waals surface area contributed by atoms with Crippen molar-refractivity contribution in [1.82, 2.24) is 4.98 Å². The molecule has 0 aliphatic rings. The molecule has 1 heterocycles. The number of rotatable bonds is 2. The summed E-state index contributed by atoms with van der Waals surface area (Å²) in [4.78, 5) is 6.61. The second kappa shape index (κ2) is 5.01. The van der Waals surface area contributed by atoms with Crippen LogP contribution in [0.25, 0.3) is 10.8 Å². The second-order valence-corrected chi connectivity index (χ2v) is 5.47. The van der Waals surface area contributed by atoms with Crippen LogP contribution in [0.3, 0.4) is 0 Å². The summed E-state index contributed by atoms with van der Waals surface area (Å²) in [6.45, 7) is 0. The van der Waals surface area contributed by atoms with Gasteiger partial charge in [0.25, 0.3) is 0 Å². The van der Waals surface area contributed by atoms with Gasteiger partial charge < -0.3 is 0 Å². The third kappa shape index (κ3) is 2.35. The van der Waals surface area contributed by atoms with Crippen molar-refractivity contribution in [1.29, 1.82) is 0 Å². The van der Waals surface area contributed by atoms with Gasteiger partial charge in [-0.25, -0.2) is 0 Å². The Kier molecular flexibility index (Phi) is 3.22. The molecule has 0 spiro atoms. The summed E-state index contributed by atoms with van der Waals surface area (Å²) in [5, 5.41) is 3.15. The standard InChI is InChI=1S/C15H10ClNS/c16-12-5-7-13(8-6-12)18-15-10-17-9-11-3-1-2-4-14(11)15/h1-10H. The lowest BCUT2D eigenvalue weighted by atomic mass is 10.2. The lowest BCUT2D eigenvalue weighted by Crippen LogP contribution is -1.80. The first kappa shape index (κ1) is 11.6. The molecule has 2 aromatic carbocycles. The molecule has 0 aliphatic heterocycles. The van der Waals surface area contributed by atoms with E-state index in [0.717, 1.165) is 20.2 Å². The lowest BCUT2D eigenvalue weighted by molar-refractivity contribution is 1.28. The van der Waals surface area contributed by atoms with Crippen LogP contribution in [0.2, 0.25) is 5.02 Å². The first-order valence-corrected chi connectivity index (χ1v) is 6.78. The van der Waals surface area contributed by atoms with E-state index in [9.17, 15) is 0 Å². The number of halogens is 1. The van der Waals surface area contributed by atoms with Gasteiger partial charge in [-0.1, -0.05) is 47.6 Å². The Morgan fingerprint density at radius 2 is 1.67 bits per heavy atom. The summed E-state index contributed by atoms with van der Waals surface area (Å²) in [7, 11) is 0. The Morgan fingerprint density at radius 1 is 0.889 bits per heavy atom. The quantitative estimate of drug-likeness (QED) is 0.648. The summed E-state index contributed by atoms with van der Waals surface area (Å²) in [5.74, 6) is 0. The average molecular weight is 272 g/mol. The number of pyridine rings is 1. The smallest absolute Gasteiger partial charge is 0.0414 e. The molecule has 1 nitrogen and oxygen atoms in total. The molecule has 0 unspecified atom stereocenters. The van der Waals surface area contributed by atoms with E-state index < -0.39 is 0 Å². The summed E-state index contributed by atoms with van der Waals surface area (Å²) in [6.07, 6.45) is 3.79. The van der Waals surface area contributed by atoms with Crippen LogP contribution >= 0.6 is 23.4 Å². The van der Waals surface area contributed by atoms with Crippen molar-refractivity contribution in [2.45, 2.75) is 9.79 Å². The van der Waals surface area contributed by atoms with Gasteiger partial charge in [-0.05, 0) is 29.7 Å². The van der Waals surface area contributed by atoms with Crippen molar-refractivity contribution < 1.29 is 0 Å². The van der Waals surface area contributed by atoms with Crippen LogP contribution in [0.15, 0.2) is 70.7 Å². The highest BCUT2D eigenvalue weighted by molar-refractivity contribution is 7.99. The second-order valence-electron chi connectivity index (χ2n) is 3.91. The average Bonchev–Trinajstić information content (AvgIpc) is 2.42. The van der Waals surface area contributed by atoms with Gasteiger partial charge in [0, 0.05) is 32.6 Å². The maximum absolute atomic E-state index is 5.89. The van der Waals surface area contributed by atoms with Gasteiger partial charge in [0.05, 0.1) is 0 Å². The Morgan fingerprint density at radius 3 is 2.50 bits per heavy atom. The van der Waals surface area contributed by atoms with Crippen LogP contribution in [0.1, 0.15) is 0 Å². The number of fused-ring (bicyclic) bond motifs is 1. The predicted molar refractivity (Wildman–Crippen MR) is 77.3 cm³/mol. The SMILES string of the molecule is Clc1ccc(Sc2cncc3ccccc23)cc1. The monoisotopic (exact) mass is 271 g/mol. The van der Waals surface area contributed by atoms with E-state index >= 15 is 0 Å². The third-order valence-electron chi connectivity index (χ3n) is 2.67. The van der Waals surface area contributed by atoms with Crippen molar-refractivity contribution >= 4 is 34.1 Å². The van der Waals surface area contributed by atoms with Gasteiger partial charge in [0.15, 0.2) is 0 Å². The van der Waals surface area contributed by atoms with E-state index in [2.05, 4.69) is 17.1 Å². The molecule has 0 amide bonds. The molecule has 0 aliphatic carbocycles. The summed E-state index contributed by atoms with van der Waals surface area (Å²) in [6, 6.07) is 16.1. The number of hydrogen-bond donors (Lipinski definition) is 0. The molecule has 18 heavy (non-hydrogen) atoms. The molecule has 0 radical (unpaired) electrons. The highest BCUT2D eigenvalue weighted by Crippen LogP contribution is 2.33. The van der Waals surface area contributed by atoms with E-state index in [1.807, 2.05) is 48.8 Å². The zero-order valence-corrected chi connectivity index (χ0v) is 11.1. The minimum absolute atomic E-state index is 0.760. The maximum Gasteiger partial charge on any atom is 0.0414 e. The van der Waals surface area contributed by atoms with E-state index in [4.69, 9.17) is 11.6 Å². The molecule has 88 valence electrons. The van der Waals surface area contributed by atoms with Crippen molar-refractivity contribution in [3.8, 4) is 0 Å². The molecule has 0 saturated heterocycles. The van der Waals surface area contributed by atoms with Crippen molar-refractivity contribution in [3.05, 3.63) is 65.9 Å². The molecule has 0 bridgehead atoms. The molecule has 0 atom stereocenters. The minimum Gasteiger partial charge on any atom is -0.263 e. The number of hydrogen-bond acceptors (Lipinski definition) is 2. The summed E-state index contributed by atoms with van der Waals surface area (Å²) in [5.41, 5.74) is 0. The van der Waals surface area contributed by atoms with Gasteiger partial charge in [-0.3, -0.25) is 4.98 Å². The first-order chi connectivity index (χ1) is 8.83. The molecule has 3 aromatic rings. The molecule has 1 aromatic heterocycles. The molecule has 3 rings (SSSR count). The van der Waals surface area contributed by atoms with Gasteiger partial charge in [-0.15, -0.1) is 0 Å². The van der Waals surface area contributed by atoms with Crippen LogP contribution in [-0.2, 0) is 0 Å². The molecule has 3 heteroatoms. The van der Waals surface area contributed by atoms with E-state index in [1.54, 1.807) is 11.8 Å². The van der Waals surface area contributed by atoms with Gasteiger partial charge in [0.1, 0.15) is 0 Å². The minimum atomic E-state index is 0.760. The Balaban J connectivity index is 2.02. The summed E-state index contributed by atoms with van der Waals surface area (Å²) < 4.78 is 0. The Hall–Kier alpha value is -1.51. The lowest BCUT2D eigenvalue weighted by Gasteiger charge is -2.05. The first-order valence-electron chi connectivity index (χ1n) is 5.59. The van der Waals surface area contributed by atoms with Crippen molar-refractivity contribution in [3.63, 3.8) is 0 Å². The van der Waals surface area contributed by atoms with Crippen LogP contribution in [0.4, 0.5) is 0 Å². The van der Waals surface area contributed by atoms with E-state index in [-0.39, 0.29) is 0 Å². The molecule has 0 N–H and O–H groups in total. The molecule has 0 fully saturated rings. The summed E-state index contributed by atoms with van der Waals surface area (Å²) >= 11 is 7.59.